The standard InChI is InChI=1S/C27H36N4O4/c1-19-7-5-8-20(2)31(19)26(33)18-35-24-13-11-22(12-14-24)27(34)28-16-21-9-6-10-23(15-21)29-25(32)17-30(3)4/h6,9-15,19-20H,5,7-8,16-18H2,1-4H3,(H,28,34)(H,29,32). The van der Waals surface area contributed by atoms with E-state index in [0.717, 1.165) is 24.8 Å². The van der Waals surface area contributed by atoms with Gasteiger partial charge in [0.2, 0.25) is 5.91 Å². The van der Waals surface area contributed by atoms with Crippen LogP contribution in [0.5, 0.6) is 5.75 Å². The first-order valence-electron chi connectivity index (χ1n) is 12.1. The number of likely N-dealkylation sites (tertiary alicyclic amines) is 1. The van der Waals surface area contributed by atoms with Crippen molar-refractivity contribution in [3.63, 3.8) is 0 Å². The molecule has 2 aromatic carbocycles. The van der Waals surface area contributed by atoms with Crippen LogP contribution in [0, 0.1) is 0 Å². The summed E-state index contributed by atoms with van der Waals surface area (Å²) in [4.78, 5) is 40.9. The number of carbonyl (C=O) groups is 3. The molecular weight excluding hydrogens is 444 g/mol. The molecule has 0 bridgehead atoms. The Balaban J connectivity index is 1.48. The van der Waals surface area contributed by atoms with Crippen LogP contribution in [0.2, 0.25) is 0 Å². The molecule has 0 aliphatic carbocycles. The van der Waals surface area contributed by atoms with Gasteiger partial charge in [-0.05, 0) is 89.2 Å². The first kappa shape index (κ1) is 26.2. The third kappa shape index (κ3) is 7.82. The van der Waals surface area contributed by atoms with Gasteiger partial charge in [0.25, 0.3) is 11.8 Å². The molecule has 8 heteroatoms. The Morgan fingerprint density at radius 3 is 2.37 bits per heavy atom. The highest BCUT2D eigenvalue weighted by Gasteiger charge is 2.29. The smallest absolute Gasteiger partial charge is 0.260 e. The van der Waals surface area contributed by atoms with Crippen molar-refractivity contribution in [2.24, 2.45) is 0 Å². The molecule has 0 radical (unpaired) electrons. The highest BCUT2D eigenvalue weighted by atomic mass is 16.5. The largest absolute Gasteiger partial charge is 0.484 e. The summed E-state index contributed by atoms with van der Waals surface area (Å²) in [6, 6.07) is 14.6. The van der Waals surface area contributed by atoms with E-state index in [4.69, 9.17) is 4.74 Å². The number of rotatable bonds is 9. The fraction of sp³-hybridized carbons (Fsp3) is 0.444. The topological polar surface area (TPSA) is 91.0 Å². The van der Waals surface area contributed by atoms with Gasteiger partial charge in [-0.3, -0.25) is 14.4 Å². The second kappa shape index (κ2) is 12.4. The predicted octanol–water partition coefficient (Wildman–Crippen LogP) is 3.29. The number of benzene rings is 2. The van der Waals surface area contributed by atoms with Gasteiger partial charge in [0.15, 0.2) is 6.61 Å². The Bertz CT molecular complexity index is 1010. The Hall–Kier alpha value is -3.39. The summed E-state index contributed by atoms with van der Waals surface area (Å²) in [6.07, 6.45) is 3.19. The molecule has 2 N–H and O–H groups in total. The summed E-state index contributed by atoms with van der Waals surface area (Å²) in [5.41, 5.74) is 2.06. The van der Waals surface area contributed by atoms with Crippen molar-refractivity contribution in [1.82, 2.24) is 15.1 Å². The van der Waals surface area contributed by atoms with Crippen LogP contribution in [0.25, 0.3) is 0 Å². The summed E-state index contributed by atoms with van der Waals surface area (Å²) in [7, 11) is 3.67. The Labute approximate surface area is 207 Å². The van der Waals surface area contributed by atoms with Crippen LogP contribution in [0.3, 0.4) is 0 Å². The summed E-state index contributed by atoms with van der Waals surface area (Å²) < 4.78 is 5.69. The molecule has 0 aromatic heterocycles. The van der Waals surface area contributed by atoms with Gasteiger partial charge in [-0.25, -0.2) is 0 Å². The highest BCUT2D eigenvalue weighted by Crippen LogP contribution is 2.23. The maximum Gasteiger partial charge on any atom is 0.260 e. The SMILES string of the molecule is CC1CCCC(C)N1C(=O)COc1ccc(C(=O)NCc2cccc(NC(=O)CN(C)C)c2)cc1. The quantitative estimate of drug-likeness (QED) is 0.575. The molecule has 1 fully saturated rings. The van der Waals surface area contributed by atoms with Crippen molar-refractivity contribution in [2.45, 2.75) is 51.7 Å². The number of likely N-dealkylation sites (N-methyl/N-ethyl adjacent to an activating group) is 1. The normalized spacial score (nSPS) is 17.7. The Morgan fingerprint density at radius 2 is 1.71 bits per heavy atom. The highest BCUT2D eigenvalue weighted by molar-refractivity contribution is 5.94. The number of amides is 3. The lowest BCUT2D eigenvalue weighted by Crippen LogP contribution is -2.49. The van der Waals surface area contributed by atoms with E-state index >= 15 is 0 Å². The van der Waals surface area contributed by atoms with E-state index in [0.29, 0.717) is 30.1 Å². The van der Waals surface area contributed by atoms with Gasteiger partial charge in [0.1, 0.15) is 5.75 Å². The number of hydrogen-bond donors (Lipinski definition) is 2. The molecule has 35 heavy (non-hydrogen) atoms. The molecular formula is C27H36N4O4. The first-order chi connectivity index (χ1) is 16.7. The average Bonchev–Trinajstić information content (AvgIpc) is 2.81. The zero-order valence-corrected chi connectivity index (χ0v) is 21.0. The lowest BCUT2D eigenvalue weighted by molar-refractivity contribution is -0.139. The number of piperidine rings is 1. The van der Waals surface area contributed by atoms with Crippen LogP contribution in [0.15, 0.2) is 48.5 Å². The Morgan fingerprint density at radius 1 is 1.03 bits per heavy atom. The van der Waals surface area contributed by atoms with E-state index in [1.807, 2.05) is 43.3 Å². The van der Waals surface area contributed by atoms with Crippen LogP contribution >= 0.6 is 0 Å². The van der Waals surface area contributed by atoms with Crippen LogP contribution in [-0.4, -0.2) is 66.9 Å². The summed E-state index contributed by atoms with van der Waals surface area (Å²) in [5.74, 6) is 0.228. The summed E-state index contributed by atoms with van der Waals surface area (Å²) in [5, 5.41) is 5.74. The number of carbonyl (C=O) groups excluding carboxylic acids is 3. The number of nitrogens with zero attached hydrogens (tertiary/aromatic N) is 2. The molecule has 2 atom stereocenters. The van der Waals surface area contributed by atoms with Crippen molar-refractivity contribution in [2.75, 3.05) is 32.6 Å². The van der Waals surface area contributed by atoms with E-state index in [2.05, 4.69) is 24.5 Å². The Kier molecular flexibility index (Phi) is 9.25. The fourth-order valence-corrected chi connectivity index (χ4v) is 4.37. The van der Waals surface area contributed by atoms with Gasteiger partial charge < -0.3 is 25.2 Å². The van der Waals surface area contributed by atoms with Crippen molar-refractivity contribution in [3.05, 3.63) is 59.7 Å². The molecule has 2 aromatic rings. The zero-order valence-electron chi connectivity index (χ0n) is 21.0. The van der Waals surface area contributed by atoms with Crippen molar-refractivity contribution < 1.29 is 19.1 Å². The molecule has 3 rings (SSSR count). The lowest BCUT2D eigenvalue weighted by atomic mass is 9.97. The molecule has 1 aliphatic rings. The average molecular weight is 481 g/mol. The molecule has 1 saturated heterocycles. The number of ether oxygens (including phenoxy) is 1. The zero-order chi connectivity index (χ0) is 25.4. The third-order valence-corrected chi connectivity index (χ3v) is 6.08. The number of hydrogen-bond acceptors (Lipinski definition) is 5. The van der Waals surface area contributed by atoms with Crippen molar-refractivity contribution >= 4 is 23.4 Å². The van der Waals surface area contributed by atoms with Crippen molar-refractivity contribution in [1.29, 1.82) is 0 Å². The van der Waals surface area contributed by atoms with E-state index in [-0.39, 0.29) is 36.4 Å². The summed E-state index contributed by atoms with van der Waals surface area (Å²) >= 11 is 0. The van der Waals surface area contributed by atoms with Gasteiger partial charge in [0.05, 0.1) is 6.54 Å². The molecule has 2 unspecified atom stereocenters. The van der Waals surface area contributed by atoms with Crippen LogP contribution in [0.4, 0.5) is 5.69 Å². The third-order valence-electron chi connectivity index (χ3n) is 6.08. The molecule has 1 aliphatic heterocycles. The van der Waals surface area contributed by atoms with Gasteiger partial charge in [-0.2, -0.15) is 0 Å². The van der Waals surface area contributed by atoms with Crippen LogP contribution in [-0.2, 0) is 16.1 Å². The van der Waals surface area contributed by atoms with E-state index in [1.54, 1.807) is 29.2 Å². The molecule has 1 heterocycles. The molecule has 0 saturated carbocycles. The minimum atomic E-state index is -0.217. The minimum Gasteiger partial charge on any atom is -0.484 e. The molecule has 0 spiro atoms. The van der Waals surface area contributed by atoms with Gasteiger partial charge in [0, 0.05) is 29.9 Å². The van der Waals surface area contributed by atoms with E-state index in [9.17, 15) is 14.4 Å². The monoisotopic (exact) mass is 480 g/mol. The maximum atomic E-state index is 12.6. The molecule has 8 nitrogen and oxygen atoms in total. The van der Waals surface area contributed by atoms with Crippen LogP contribution in [0.1, 0.15) is 49.0 Å². The first-order valence-corrected chi connectivity index (χ1v) is 12.1. The molecule has 188 valence electrons. The summed E-state index contributed by atoms with van der Waals surface area (Å²) in [6.45, 7) is 4.78. The van der Waals surface area contributed by atoms with Crippen molar-refractivity contribution in [3.8, 4) is 5.75 Å². The number of nitrogens with one attached hydrogen (secondary N) is 2. The van der Waals surface area contributed by atoms with E-state index in [1.165, 1.54) is 0 Å². The fourth-order valence-electron chi connectivity index (χ4n) is 4.37. The van der Waals surface area contributed by atoms with E-state index < -0.39 is 0 Å². The second-order valence-electron chi connectivity index (χ2n) is 9.41. The number of anilines is 1. The predicted molar refractivity (Wildman–Crippen MR) is 136 cm³/mol. The van der Waals surface area contributed by atoms with Gasteiger partial charge >= 0.3 is 0 Å². The van der Waals surface area contributed by atoms with Crippen LogP contribution < -0.4 is 15.4 Å². The second-order valence-corrected chi connectivity index (χ2v) is 9.41. The lowest BCUT2D eigenvalue weighted by Gasteiger charge is -2.38. The maximum absolute atomic E-state index is 12.6. The van der Waals surface area contributed by atoms with Gasteiger partial charge in [-0.15, -0.1) is 0 Å². The molecule has 3 amide bonds. The van der Waals surface area contributed by atoms with Gasteiger partial charge in [-0.1, -0.05) is 12.1 Å². The minimum absolute atomic E-state index is 0.00773.